The third-order valence-corrected chi connectivity index (χ3v) is 2.48. The largest absolute Gasteiger partial charge is 0.507 e. The summed E-state index contributed by atoms with van der Waals surface area (Å²) in [6.45, 7) is 0. The van der Waals surface area contributed by atoms with Gasteiger partial charge in [0, 0.05) is 5.56 Å². The highest BCUT2D eigenvalue weighted by atomic mass is 19.2. The van der Waals surface area contributed by atoms with Crippen molar-refractivity contribution < 1.29 is 23.8 Å². The van der Waals surface area contributed by atoms with E-state index >= 15 is 0 Å². The highest BCUT2D eigenvalue weighted by Crippen LogP contribution is 2.30. The van der Waals surface area contributed by atoms with E-state index in [1.807, 2.05) is 0 Å². The molecule has 92 valence electrons. The fraction of sp³-hybridized carbons (Fsp3) is 0. The minimum Gasteiger partial charge on any atom is -0.507 e. The van der Waals surface area contributed by atoms with Crippen molar-refractivity contribution in [3.63, 3.8) is 0 Å². The summed E-state index contributed by atoms with van der Waals surface area (Å²) in [5.41, 5.74) is 0.418. The van der Waals surface area contributed by atoms with Crippen molar-refractivity contribution >= 4 is 5.97 Å². The lowest BCUT2D eigenvalue weighted by atomic mass is 10.0. The molecule has 0 spiro atoms. The molecule has 18 heavy (non-hydrogen) atoms. The Bertz CT molecular complexity index is 624. The van der Waals surface area contributed by atoms with E-state index in [4.69, 9.17) is 5.11 Å². The van der Waals surface area contributed by atoms with E-state index in [2.05, 4.69) is 0 Å². The number of benzene rings is 2. The normalized spacial score (nSPS) is 10.3. The van der Waals surface area contributed by atoms with Crippen molar-refractivity contribution in [3.8, 4) is 16.9 Å². The smallest absolute Gasteiger partial charge is 0.335 e. The maximum absolute atomic E-state index is 13.1. The van der Waals surface area contributed by atoms with E-state index in [0.29, 0.717) is 0 Å². The monoisotopic (exact) mass is 250 g/mol. The minimum atomic E-state index is -1.18. The highest BCUT2D eigenvalue weighted by molar-refractivity contribution is 5.89. The first-order valence-electron chi connectivity index (χ1n) is 5.01. The number of aromatic carboxylic acids is 1. The number of rotatable bonds is 2. The maximum atomic E-state index is 13.1. The Morgan fingerprint density at radius 2 is 1.72 bits per heavy atom. The number of carbonyl (C=O) groups is 1. The lowest BCUT2D eigenvalue weighted by molar-refractivity contribution is 0.0696. The van der Waals surface area contributed by atoms with Gasteiger partial charge >= 0.3 is 5.97 Å². The molecule has 3 nitrogen and oxygen atoms in total. The van der Waals surface area contributed by atoms with Gasteiger partial charge in [0.1, 0.15) is 5.75 Å². The first-order valence-corrected chi connectivity index (χ1v) is 5.01. The summed E-state index contributed by atoms with van der Waals surface area (Å²) < 4.78 is 25.8. The standard InChI is InChI=1S/C13H8F2O3/c14-10-4-2-7(5-11(10)15)9-3-1-8(13(17)18)6-12(9)16/h1-6,16H,(H,17,18). The van der Waals surface area contributed by atoms with Crippen LogP contribution in [0.5, 0.6) is 5.75 Å². The Balaban J connectivity index is 2.51. The zero-order valence-electron chi connectivity index (χ0n) is 9.02. The molecular weight excluding hydrogens is 242 g/mol. The highest BCUT2D eigenvalue weighted by Gasteiger charge is 2.11. The van der Waals surface area contributed by atoms with Crippen molar-refractivity contribution in [3.05, 3.63) is 53.6 Å². The van der Waals surface area contributed by atoms with Gasteiger partial charge in [-0.2, -0.15) is 0 Å². The predicted molar refractivity (Wildman–Crippen MR) is 60.4 cm³/mol. The molecule has 0 saturated heterocycles. The topological polar surface area (TPSA) is 57.5 Å². The third kappa shape index (κ3) is 2.15. The van der Waals surface area contributed by atoms with Crippen molar-refractivity contribution in [1.82, 2.24) is 0 Å². The molecule has 5 heteroatoms. The van der Waals surface area contributed by atoms with Crippen LogP contribution in [0.1, 0.15) is 10.4 Å². The predicted octanol–water partition coefficient (Wildman–Crippen LogP) is 3.04. The lowest BCUT2D eigenvalue weighted by Gasteiger charge is -2.06. The van der Waals surface area contributed by atoms with Crippen molar-refractivity contribution in [2.75, 3.05) is 0 Å². The molecule has 0 heterocycles. The molecule has 0 bridgehead atoms. The summed E-state index contributed by atoms with van der Waals surface area (Å²) in [6.07, 6.45) is 0. The molecular formula is C13H8F2O3. The first kappa shape index (κ1) is 12.0. The summed E-state index contributed by atoms with van der Waals surface area (Å²) in [6, 6.07) is 6.84. The van der Waals surface area contributed by atoms with Crippen molar-refractivity contribution in [2.24, 2.45) is 0 Å². The van der Waals surface area contributed by atoms with Gasteiger partial charge in [-0.05, 0) is 35.9 Å². The zero-order chi connectivity index (χ0) is 13.3. The number of aromatic hydroxyl groups is 1. The van der Waals surface area contributed by atoms with Crippen LogP contribution in [0.2, 0.25) is 0 Å². The van der Waals surface area contributed by atoms with Gasteiger partial charge in [0.05, 0.1) is 5.56 Å². The van der Waals surface area contributed by atoms with Crippen LogP contribution in [0.3, 0.4) is 0 Å². The molecule has 0 aliphatic heterocycles. The molecule has 0 saturated carbocycles. The summed E-state index contributed by atoms with van der Waals surface area (Å²) in [5.74, 6) is -3.50. The number of phenols is 1. The fourth-order valence-electron chi connectivity index (χ4n) is 1.57. The van der Waals surface area contributed by atoms with Crippen molar-refractivity contribution in [2.45, 2.75) is 0 Å². The summed E-state index contributed by atoms with van der Waals surface area (Å²) in [5, 5.41) is 18.4. The molecule has 0 aliphatic carbocycles. The second kappa shape index (κ2) is 4.44. The van der Waals surface area contributed by atoms with Crippen LogP contribution >= 0.6 is 0 Å². The van der Waals surface area contributed by atoms with E-state index in [1.54, 1.807) is 0 Å². The average molecular weight is 250 g/mol. The van der Waals surface area contributed by atoms with Crippen LogP contribution in [-0.4, -0.2) is 16.2 Å². The van der Waals surface area contributed by atoms with Gasteiger partial charge in [-0.1, -0.05) is 6.07 Å². The van der Waals surface area contributed by atoms with Crippen LogP contribution < -0.4 is 0 Å². The molecule has 0 fully saturated rings. The summed E-state index contributed by atoms with van der Waals surface area (Å²) in [4.78, 5) is 10.7. The SMILES string of the molecule is O=C(O)c1ccc(-c2ccc(F)c(F)c2)c(O)c1. The number of phenolic OH excluding ortho intramolecular Hbond substituents is 1. The van der Waals surface area contributed by atoms with Gasteiger partial charge in [0.25, 0.3) is 0 Å². The second-order valence-corrected chi connectivity index (χ2v) is 3.67. The molecule has 0 radical (unpaired) electrons. The minimum absolute atomic E-state index is 0.0844. The third-order valence-electron chi connectivity index (χ3n) is 2.48. The van der Waals surface area contributed by atoms with Gasteiger partial charge in [0.2, 0.25) is 0 Å². The number of halogens is 2. The Morgan fingerprint density at radius 1 is 1.00 bits per heavy atom. The quantitative estimate of drug-likeness (QED) is 0.861. The van der Waals surface area contributed by atoms with Gasteiger partial charge in [-0.15, -0.1) is 0 Å². The summed E-state index contributed by atoms with van der Waals surface area (Å²) in [7, 11) is 0. The zero-order valence-corrected chi connectivity index (χ0v) is 9.02. The van der Waals surface area contributed by atoms with Crippen molar-refractivity contribution in [1.29, 1.82) is 0 Å². The molecule has 0 aromatic heterocycles. The molecule has 0 atom stereocenters. The molecule has 2 N–H and O–H groups in total. The van der Waals surface area contributed by atoms with Gasteiger partial charge in [-0.25, -0.2) is 13.6 Å². The van der Waals surface area contributed by atoms with Gasteiger partial charge in [-0.3, -0.25) is 0 Å². The van der Waals surface area contributed by atoms with Crippen LogP contribution in [0.4, 0.5) is 8.78 Å². The molecule has 0 aliphatic rings. The van der Waals surface area contributed by atoms with E-state index in [0.717, 1.165) is 18.2 Å². The van der Waals surface area contributed by atoms with E-state index in [9.17, 15) is 18.7 Å². The van der Waals surface area contributed by atoms with E-state index < -0.39 is 17.6 Å². The Morgan fingerprint density at radius 3 is 2.28 bits per heavy atom. The second-order valence-electron chi connectivity index (χ2n) is 3.67. The number of hydrogen-bond acceptors (Lipinski definition) is 2. The van der Waals surface area contributed by atoms with Crippen LogP contribution in [0, 0.1) is 11.6 Å². The van der Waals surface area contributed by atoms with Crippen LogP contribution in [0.25, 0.3) is 11.1 Å². The number of hydrogen-bond donors (Lipinski definition) is 2. The van der Waals surface area contributed by atoms with E-state index in [1.165, 1.54) is 18.2 Å². The van der Waals surface area contributed by atoms with Crippen LogP contribution in [0.15, 0.2) is 36.4 Å². The number of carboxylic acids is 1. The van der Waals surface area contributed by atoms with Crippen LogP contribution in [-0.2, 0) is 0 Å². The van der Waals surface area contributed by atoms with Gasteiger partial charge in [0.15, 0.2) is 11.6 Å². The molecule has 2 aromatic rings. The van der Waals surface area contributed by atoms with Gasteiger partial charge < -0.3 is 10.2 Å². The fourth-order valence-corrected chi connectivity index (χ4v) is 1.57. The Kier molecular flexibility index (Phi) is 2.97. The maximum Gasteiger partial charge on any atom is 0.335 e. The summed E-state index contributed by atoms with van der Waals surface area (Å²) >= 11 is 0. The Hall–Kier alpha value is -2.43. The molecule has 2 rings (SSSR count). The van der Waals surface area contributed by atoms with E-state index in [-0.39, 0.29) is 22.4 Å². The number of carboxylic acid groups (broad SMARTS) is 1. The molecule has 2 aromatic carbocycles. The molecule has 0 amide bonds. The first-order chi connectivity index (χ1) is 8.49. The Labute approximate surface area is 101 Å². The average Bonchev–Trinajstić information content (AvgIpc) is 2.32. The lowest BCUT2D eigenvalue weighted by Crippen LogP contribution is -1.95. The molecule has 0 unspecified atom stereocenters.